The molecule has 1 aliphatic rings. The number of benzene rings is 1. The van der Waals surface area contributed by atoms with Gasteiger partial charge in [0.25, 0.3) is 5.91 Å². The molecule has 0 atom stereocenters. The first-order valence-corrected chi connectivity index (χ1v) is 7.44. The molecular formula is C15H19BrN2O2. The van der Waals surface area contributed by atoms with Crippen LogP contribution < -0.4 is 0 Å². The van der Waals surface area contributed by atoms with Gasteiger partial charge in [0.05, 0.1) is 5.56 Å². The maximum Gasteiger partial charge on any atom is 0.255 e. The molecule has 0 unspecified atom stereocenters. The lowest BCUT2D eigenvalue weighted by molar-refractivity contribution is -0.140. The van der Waals surface area contributed by atoms with E-state index < -0.39 is 0 Å². The van der Waals surface area contributed by atoms with Gasteiger partial charge >= 0.3 is 0 Å². The van der Waals surface area contributed by atoms with Crippen molar-refractivity contribution in [2.75, 3.05) is 19.6 Å². The molecule has 1 fully saturated rings. The van der Waals surface area contributed by atoms with Crippen molar-refractivity contribution in [3.63, 3.8) is 0 Å². The molecular weight excluding hydrogens is 320 g/mol. The molecule has 1 saturated heterocycles. The van der Waals surface area contributed by atoms with Crippen molar-refractivity contribution in [1.29, 1.82) is 0 Å². The van der Waals surface area contributed by atoms with E-state index in [1.165, 1.54) is 0 Å². The summed E-state index contributed by atoms with van der Waals surface area (Å²) in [7, 11) is 0. The van der Waals surface area contributed by atoms with Gasteiger partial charge in [-0.15, -0.1) is 0 Å². The molecule has 5 heteroatoms. The third kappa shape index (κ3) is 3.03. The van der Waals surface area contributed by atoms with Crippen molar-refractivity contribution >= 4 is 27.7 Å². The lowest BCUT2D eigenvalue weighted by Crippen LogP contribution is -2.58. The van der Waals surface area contributed by atoms with Gasteiger partial charge in [0.15, 0.2) is 0 Å². The van der Waals surface area contributed by atoms with Gasteiger partial charge in [-0.3, -0.25) is 9.59 Å². The predicted octanol–water partition coefficient (Wildman–Crippen LogP) is 2.53. The standard InChI is InChI=1S/C15H19BrN2O2/c1-15(2,3)18-9-8-17(10-13(18)19)14(20)11-6-4-5-7-12(11)16/h4-7H,8-10H2,1-3H3. The average molecular weight is 339 g/mol. The molecule has 1 aliphatic heterocycles. The molecule has 1 aromatic carbocycles. The Kier molecular flexibility index (Phi) is 4.18. The topological polar surface area (TPSA) is 40.6 Å². The Morgan fingerprint density at radius 3 is 2.40 bits per heavy atom. The van der Waals surface area contributed by atoms with Gasteiger partial charge < -0.3 is 9.80 Å². The molecule has 0 spiro atoms. The molecule has 2 amide bonds. The van der Waals surface area contributed by atoms with E-state index in [1.807, 2.05) is 43.9 Å². The number of hydrogen-bond donors (Lipinski definition) is 0. The zero-order valence-electron chi connectivity index (χ0n) is 12.0. The van der Waals surface area contributed by atoms with Crippen molar-refractivity contribution in [3.8, 4) is 0 Å². The van der Waals surface area contributed by atoms with Crippen LogP contribution in [-0.2, 0) is 4.79 Å². The fourth-order valence-corrected chi connectivity index (χ4v) is 2.82. The van der Waals surface area contributed by atoms with Crippen LogP contribution in [-0.4, -0.2) is 46.8 Å². The lowest BCUT2D eigenvalue weighted by Gasteiger charge is -2.42. The van der Waals surface area contributed by atoms with Crippen LogP contribution in [0, 0.1) is 0 Å². The average Bonchev–Trinajstić information content (AvgIpc) is 2.37. The molecule has 0 aromatic heterocycles. The van der Waals surface area contributed by atoms with E-state index in [9.17, 15) is 9.59 Å². The number of rotatable bonds is 1. The second-order valence-corrected chi connectivity index (χ2v) is 6.78. The van der Waals surface area contributed by atoms with Crippen LogP contribution in [0.3, 0.4) is 0 Å². The Hall–Kier alpha value is -1.36. The number of piperazine rings is 1. The van der Waals surface area contributed by atoms with Crippen molar-refractivity contribution < 1.29 is 9.59 Å². The van der Waals surface area contributed by atoms with Gasteiger partial charge in [0, 0.05) is 23.1 Å². The van der Waals surface area contributed by atoms with Crippen LogP contribution in [0.4, 0.5) is 0 Å². The number of amides is 2. The van der Waals surface area contributed by atoms with E-state index in [2.05, 4.69) is 15.9 Å². The van der Waals surface area contributed by atoms with E-state index >= 15 is 0 Å². The number of carbonyl (C=O) groups is 2. The van der Waals surface area contributed by atoms with E-state index in [4.69, 9.17) is 0 Å². The predicted molar refractivity (Wildman–Crippen MR) is 81.5 cm³/mol. The lowest BCUT2D eigenvalue weighted by atomic mass is 10.0. The van der Waals surface area contributed by atoms with Crippen LogP contribution in [0.2, 0.25) is 0 Å². The van der Waals surface area contributed by atoms with Gasteiger partial charge in [-0.05, 0) is 48.8 Å². The molecule has 1 aromatic rings. The molecule has 20 heavy (non-hydrogen) atoms. The molecule has 0 N–H and O–H groups in total. The highest BCUT2D eigenvalue weighted by molar-refractivity contribution is 9.10. The van der Waals surface area contributed by atoms with Crippen LogP contribution in [0.1, 0.15) is 31.1 Å². The van der Waals surface area contributed by atoms with Crippen molar-refractivity contribution in [1.82, 2.24) is 9.80 Å². The van der Waals surface area contributed by atoms with Crippen LogP contribution >= 0.6 is 15.9 Å². The molecule has 0 aliphatic carbocycles. The molecule has 0 radical (unpaired) electrons. The first-order chi connectivity index (χ1) is 9.30. The third-order valence-corrected chi connectivity index (χ3v) is 4.11. The number of nitrogens with zero attached hydrogens (tertiary/aromatic N) is 2. The van der Waals surface area contributed by atoms with Crippen molar-refractivity contribution in [2.45, 2.75) is 26.3 Å². The largest absolute Gasteiger partial charge is 0.335 e. The Balaban J connectivity index is 2.12. The van der Waals surface area contributed by atoms with Crippen LogP contribution in [0.15, 0.2) is 28.7 Å². The summed E-state index contributed by atoms with van der Waals surface area (Å²) in [4.78, 5) is 28.1. The summed E-state index contributed by atoms with van der Waals surface area (Å²) in [6.45, 7) is 7.33. The SMILES string of the molecule is CC(C)(C)N1CCN(C(=O)c2ccccc2Br)CC1=O. The minimum absolute atomic E-state index is 0.00385. The number of halogens is 1. The minimum Gasteiger partial charge on any atom is -0.335 e. The highest BCUT2D eigenvalue weighted by Gasteiger charge is 2.33. The third-order valence-electron chi connectivity index (χ3n) is 3.42. The van der Waals surface area contributed by atoms with Crippen molar-refractivity contribution in [3.05, 3.63) is 34.3 Å². The summed E-state index contributed by atoms with van der Waals surface area (Å²) in [5, 5.41) is 0. The highest BCUT2D eigenvalue weighted by Crippen LogP contribution is 2.21. The van der Waals surface area contributed by atoms with Gasteiger partial charge in [0.1, 0.15) is 6.54 Å². The summed E-state index contributed by atoms with van der Waals surface area (Å²) in [6.07, 6.45) is 0. The zero-order chi connectivity index (χ0) is 14.9. The Bertz CT molecular complexity index is 537. The van der Waals surface area contributed by atoms with Gasteiger partial charge in [-0.25, -0.2) is 0 Å². The quantitative estimate of drug-likeness (QED) is 0.789. The summed E-state index contributed by atoms with van der Waals surface area (Å²) in [5.74, 6) is -0.0939. The maximum absolute atomic E-state index is 12.4. The molecule has 0 saturated carbocycles. The summed E-state index contributed by atoms with van der Waals surface area (Å²) < 4.78 is 0.760. The van der Waals surface area contributed by atoms with E-state index in [0.29, 0.717) is 18.7 Å². The molecule has 0 bridgehead atoms. The number of carbonyl (C=O) groups excluding carboxylic acids is 2. The normalized spacial score (nSPS) is 16.5. The monoisotopic (exact) mass is 338 g/mol. The van der Waals surface area contributed by atoms with Gasteiger partial charge in [0.2, 0.25) is 5.91 Å². The fourth-order valence-electron chi connectivity index (χ4n) is 2.36. The number of hydrogen-bond acceptors (Lipinski definition) is 2. The Labute approximate surface area is 127 Å². The summed E-state index contributed by atoms with van der Waals surface area (Å²) >= 11 is 3.38. The van der Waals surface area contributed by atoms with E-state index in [0.717, 1.165) is 4.47 Å². The van der Waals surface area contributed by atoms with Crippen LogP contribution in [0.25, 0.3) is 0 Å². The highest BCUT2D eigenvalue weighted by atomic mass is 79.9. The minimum atomic E-state index is -0.195. The van der Waals surface area contributed by atoms with Crippen molar-refractivity contribution in [2.24, 2.45) is 0 Å². The molecule has 4 nitrogen and oxygen atoms in total. The maximum atomic E-state index is 12.4. The first kappa shape index (κ1) is 15.0. The fraction of sp³-hybridized carbons (Fsp3) is 0.467. The Morgan fingerprint density at radius 1 is 1.20 bits per heavy atom. The van der Waals surface area contributed by atoms with E-state index in [1.54, 1.807) is 11.0 Å². The summed E-state index contributed by atoms with van der Waals surface area (Å²) in [5.41, 5.74) is 0.407. The smallest absolute Gasteiger partial charge is 0.255 e. The molecule has 108 valence electrons. The molecule has 2 rings (SSSR count). The van der Waals surface area contributed by atoms with E-state index in [-0.39, 0.29) is 23.9 Å². The Morgan fingerprint density at radius 2 is 1.85 bits per heavy atom. The van der Waals surface area contributed by atoms with Crippen LogP contribution in [0.5, 0.6) is 0 Å². The van der Waals surface area contributed by atoms with Gasteiger partial charge in [-0.1, -0.05) is 12.1 Å². The molecule has 1 heterocycles. The second kappa shape index (κ2) is 5.56. The zero-order valence-corrected chi connectivity index (χ0v) is 13.6. The first-order valence-electron chi connectivity index (χ1n) is 6.65. The second-order valence-electron chi connectivity index (χ2n) is 5.92. The summed E-state index contributed by atoms with van der Waals surface area (Å²) in [6, 6.07) is 7.29. The van der Waals surface area contributed by atoms with Gasteiger partial charge in [-0.2, -0.15) is 0 Å².